The first-order valence-corrected chi connectivity index (χ1v) is 12.0. The number of ether oxygens (including phenoxy) is 1. The summed E-state index contributed by atoms with van der Waals surface area (Å²) in [4.78, 5) is 14.9. The monoisotopic (exact) mass is 550 g/mol. The molecule has 4 rings (SSSR count). The van der Waals surface area contributed by atoms with E-state index in [0.29, 0.717) is 31.6 Å². The van der Waals surface area contributed by atoms with Crippen LogP contribution in [0.2, 0.25) is 0 Å². The van der Waals surface area contributed by atoms with Crippen LogP contribution < -0.4 is 5.32 Å². The van der Waals surface area contributed by atoms with Crippen molar-refractivity contribution < 1.29 is 35.9 Å². The number of nitrogens with one attached hydrogen (secondary N) is 1. The predicted octanol–water partition coefficient (Wildman–Crippen LogP) is 6.05. The Bertz CT molecular complexity index is 1010. The standard InChI is InChI=1S/C26H28F6N2O2.ClH/c27-25(28,29)20-12-17(13-21(14-20)26(30,31)32)16-36-23-8-11-34(24(35)19-6-9-33-10-7-19)15-22(23)18-4-2-1-3-5-18;/h1-5,12-14,19,22-23,33H,6-11,15-16H2;1H. The van der Waals surface area contributed by atoms with Crippen LogP contribution in [0.25, 0.3) is 0 Å². The molecule has 2 aliphatic rings. The molecular weight excluding hydrogens is 522 g/mol. The molecule has 2 fully saturated rings. The molecule has 2 aromatic rings. The third kappa shape index (κ3) is 7.39. The zero-order valence-electron chi connectivity index (χ0n) is 19.9. The van der Waals surface area contributed by atoms with Gasteiger partial charge in [-0.3, -0.25) is 4.79 Å². The van der Waals surface area contributed by atoms with Crippen molar-refractivity contribution in [3.63, 3.8) is 0 Å². The molecule has 2 atom stereocenters. The highest BCUT2D eigenvalue weighted by atomic mass is 35.5. The maximum atomic E-state index is 13.2. The van der Waals surface area contributed by atoms with Crippen molar-refractivity contribution in [2.75, 3.05) is 26.2 Å². The van der Waals surface area contributed by atoms with E-state index in [1.807, 2.05) is 35.2 Å². The highest BCUT2D eigenvalue weighted by molar-refractivity contribution is 5.85. The molecule has 0 aromatic heterocycles. The van der Waals surface area contributed by atoms with Gasteiger partial charge in [0.2, 0.25) is 5.91 Å². The van der Waals surface area contributed by atoms with E-state index in [9.17, 15) is 31.1 Å². The van der Waals surface area contributed by atoms with Crippen LogP contribution in [0.4, 0.5) is 26.3 Å². The van der Waals surface area contributed by atoms with Gasteiger partial charge in [-0.15, -0.1) is 12.4 Å². The van der Waals surface area contributed by atoms with Gasteiger partial charge in [-0.25, -0.2) is 0 Å². The van der Waals surface area contributed by atoms with Gasteiger partial charge in [-0.05, 0) is 61.7 Å². The normalized spacial score (nSPS) is 21.4. The first-order chi connectivity index (χ1) is 17.0. The fraction of sp³-hybridized carbons (Fsp3) is 0.500. The lowest BCUT2D eigenvalue weighted by Crippen LogP contribution is -2.49. The van der Waals surface area contributed by atoms with Crippen molar-refractivity contribution in [3.8, 4) is 0 Å². The lowest BCUT2D eigenvalue weighted by atomic mass is 9.86. The Hall–Kier alpha value is -2.30. The van der Waals surface area contributed by atoms with Crippen LogP contribution in [0.1, 0.15) is 47.4 Å². The zero-order valence-corrected chi connectivity index (χ0v) is 20.8. The van der Waals surface area contributed by atoms with Crippen LogP contribution in [0, 0.1) is 5.92 Å². The zero-order chi connectivity index (χ0) is 25.9. The molecule has 0 saturated carbocycles. The average molecular weight is 551 g/mol. The molecule has 37 heavy (non-hydrogen) atoms. The van der Waals surface area contributed by atoms with Gasteiger partial charge in [-0.1, -0.05) is 30.3 Å². The van der Waals surface area contributed by atoms with Crippen molar-refractivity contribution >= 4 is 18.3 Å². The van der Waals surface area contributed by atoms with Crippen LogP contribution >= 0.6 is 12.4 Å². The summed E-state index contributed by atoms with van der Waals surface area (Å²) in [7, 11) is 0. The molecule has 2 heterocycles. The van der Waals surface area contributed by atoms with Gasteiger partial charge in [0.1, 0.15) is 0 Å². The molecule has 204 valence electrons. The molecule has 0 spiro atoms. The lowest BCUT2D eigenvalue weighted by Gasteiger charge is -2.40. The Kier molecular flexibility index (Phi) is 9.52. The third-order valence-electron chi connectivity index (χ3n) is 6.89. The second kappa shape index (κ2) is 12.0. The summed E-state index contributed by atoms with van der Waals surface area (Å²) in [6, 6.07) is 10.8. The van der Waals surface area contributed by atoms with E-state index in [2.05, 4.69) is 5.32 Å². The maximum Gasteiger partial charge on any atom is 0.416 e. The Morgan fingerprint density at radius 2 is 1.51 bits per heavy atom. The Balaban J connectivity index is 0.00000380. The SMILES string of the molecule is Cl.O=C(C1CCNCC1)N1CCC(OCc2cc(C(F)(F)F)cc(C(F)(F)F)c2)C(c2ccccc2)C1. The second-order valence-corrected chi connectivity index (χ2v) is 9.38. The number of rotatable bonds is 5. The maximum absolute atomic E-state index is 13.2. The molecule has 2 aromatic carbocycles. The minimum atomic E-state index is -4.91. The van der Waals surface area contributed by atoms with Crippen molar-refractivity contribution in [3.05, 3.63) is 70.8 Å². The lowest BCUT2D eigenvalue weighted by molar-refractivity contribution is -0.143. The summed E-state index contributed by atoms with van der Waals surface area (Å²) in [5, 5.41) is 3.24. The second-order valence-electron chi connectivity index (χ2n) is 9.38. The number of piperidine rings is 2. The smallest absolute Gasteiger partial charge is 0.373 e. The van der Waals surface area contributed by atoms with E-state index in [4.69, 9.17) is 4.74 Å². The molecule has 2 aliphatic heterocycles. The molecule has 0 bridgehead atoms. The Morgan fingerprint density at radius 1 is 0.919 bits per heavy atom. The predicted molar refractivity (Wildman–Crippen MR) is 128 cm³/mol. The van der Waals surface area contributed by atoms with E-state index in [1.165, 1.54) is 0 Å². The van der Waals surface area contributed by atoms with E-state index in [0.717, 1.165) is 31.5 Å². The van der Waals surface area contributed by atoms with Gasteiger partial charge in [0.15, 0.2) is 0 Å². The van der Waals surface area contributed by atoms with E-state index >= 15 is 0 Å². The van der Waals surface area contributed by atoms with Gasteiger partial charge >= 0.3 is 12.4 Å². The fourth-order valence-electron chi connectivity index (χ4n) is 4.98. The van der Waals surface area contributed by atoms with Crippen molar-refractivity contribution in [2.24, 2.45) is 5.92 Å². The van der Waals surface area contributed by atoms with Crippen LogP contribution in [0.3, 0.4) is 0 Å². The summed E-state index contributed by atoms with van der Waals surface area (Å²) in [5.74, 6) is -0.215. The van der Waals surface area contributed by atoms with Gasteiger partial charge in [0.25, 0.3) is 0 Å². The molecule has 2 saturated heterocycles. The first kappa shape index (κ1) is 29.3. The highest BCUT2D eigenvalue weighted by Gasteiger charge is 2.38. The quantitative estimate of drug-likeness (QED) is 0.461. The number of benzene rings is 2. The fourth-order valence-corrected chi connectivity index (χ4v) is 4.98. The van der Waals surface area contributed by atoms with Gasteiger partial charge < -0.3 is 15.0 Å². The number of nitrogens with zero attached hydrogens (tertiary/aromatic N) is 1. The molecule has 0 radical (unpaired) electrons. The van der Waals surface area contributed by atoms with Crippen LogP contribution in [-0.4, -0.2) is 43.1 Å². The van der Waals surface area contributed by atoms with Crippen molar-refractivity contribution in [1.29, 1.82) is 0 Å². The van der Waals surface area contributed by atoms with E-state index < -0.39 is 36.2 Å². The number of alkyl halides is 6. The number of halogens is 7. The highest BCUT2D eigenvalue weighted by Crippen LogP contribution is 2.37. The van der Waals surface area contributed by atoms with E-state index in [-0.39, 0.29) is 41.8 Å². The summed E-state index contributed by atoms with van der Waals surface area (Å²) < 4.78 is 85.4. The minimum absolute atomic E-state index is 0. The topological polar surface area (TPSA) is 41.6 Å². The third-order valence-corrected chi connectivity index (χ3v) is 6.89. The average Bonchev–Trinajstić information content (AvgIpc) is 2.87. The van der Waals surface area contributed by atoms with Gasteiger partial charge in [0.05, 0.1) is 23.8 Å². The largest absolute Gasteiger partial charge is 0.416 e. The number of amides is 1. The molecule has 0 aliphatic carbocycles. The first-order valence-electron chi connectivity index (χ1n) is 12.0. The molecule has 1 N–H and O–H groups in total. The van der Waals surface area contributed by atoms with E-state index in [1.54, 1.807) is 0 Å². The number of likely N-dealkylation sites (tertiary alicyclic amines) is 1. The molecule has 4 nitrogen and oxygen atoms in total. The van der Waals surface area contributed by atoms with Crippen LogP contribution in [0.5, 0.6) is 0 Å². The number of carbonyl (C=O) groups is 1. The molecule has 2 unspecified atom stereocenters. The number of hydrogen-bond acceptors (Lipinski definition) is 3. The van der Waals surface area contributed by atoms with Crippen LogP contribution in [0.15, 0.2) is 48.5 Å². The number of hydrogen-bond donors (Lipinski definition) is 1. The van der Waals surface area contributed by atoms with Crippen LogP contribution in [-0.2, 0) is 28.5 Å². The Labute approximate surface area is 217 Å². The van der Waals surface area contributed by atoms with Gasteiger partial charge in [0, 0.05) is 24.9 Å². The summed E-state index contributed by atoms with van der Waals surface area (Å²) in [5.41, 5.74) is -2.02. The van der Waals surface area contributed by atoms with Gasteiger partial charge in [-0.2, -0.15) is 26.3 Å². The Morgan fingerprint density at radius 3 is 2.08 bits per heavy atom. The summed E-state index contributed by atoms with van der Waals surface area (Å²) >= 11 is 0. The van der Waals surface area contributed by atoms with Crippen molar-refractivity contribution in [2.45, 2.75) is 50.2 Å². The molecule has 1 amide bonds. The summed E-state index contributed by atoms with van der Waals surface area (Å²) in [6.45, 7) is 1.98. The minimum Gasteiger partial charge on any atom is -0.373 e. The summed E-state index contributed by atoms with van der Waals surface area (Å²) in [6.07, 6.45) is -8.33. The molecular formula is C26H29ClF6N2O2. The molecule has 11 heteroatoms. The number of carbonyl (C=O) groups excluding carboxylic acids is 1. The van der Waals surface area contributed by atoms with Crippen molar-refractivity contribution in [1.82, 2.24) is 10.2 Å².